The van der Waals surface area contributed by atoms with Crippen LogP contribution in [0.4, 0.5) is 28.4 Å². The predicted octanol–water partition coefficient (Wildman–Crippen LogP) is 4.58. The normalized spacial score (nSPS) is 12.5. The first-order valence-electron chi connectivity index (χ1n) is 9.62. The quantitative estimate of drug-likeness (QED) is 0.241. The van der Waals surface area contributed by atoms with Gasteiger partial charge in [-0.2, -0.15) is 0 Å². The number of Topliss-reactive ketones (excluding diaryl/α,β-unsaturated/α-hetero) is 1. The summed E-state index contributed by atoms with van der Waals surface area (Å²) in [6.45, 7) is 1.69. The van der Waals surface area contributed by atoms with Crippen LogP contribution in [-0.2, 0) is 4.79 Å². The van der Waals surface area contributed by atoms with Crippen molar-refractivity contribution in [1.29, 1.82) is 0 Å². The SMILES string of the molecule is Cc1ccc2c(c1)C(=O)C(=O)N2C(=O)c1cc([N+](=O)[O-])c(Nc2ccccc2Cl)c([N+](=O)[O-])c1. The van der Waals surface area contributed by atoms with Crippen LogP contribution in [0, 0.1) is 27.2 Å². The number of imide groups is 1. The van der Waals surface area contributed by atoms with Crippen molar-refractivity contribution in [1.82, 2.24) is 0 Å². The largest absolute Gasteiger partial charge is 0.343 e. The number of nitro benzene ring substituents is 2. The first-order chi connectivity index (χ1) is 16.1. The van der Waals surface area contributed by atoms with Crippen LogP contribution in [0.1, 0.15) is 26.3 Å². The Hall–Kier alpha value is -4.64. The lowest BCUT2D eigenvalue weighted by molar-refractivity contribution is -0.392. The Bertz CT molecular complexity index is 1400. The van der Waals surface area contributed by atoms with Crippen LogP contribution in [-0.4, -0.2) is 27.4 Å². The fourth-order valence-corrected chi connectivity index (χ4v) is 3.72. The van der Waals surface area contributed by atoms with Crippen molar-refractivity contribution in [2.45, 2.75) is 6.92 Å². The summed E-state index contributed by atoms with van der Waals surface area (Å²) in [6.07, 6.45) is 0. The molecule has 1 heterocycles. The first kappa shape index (κ1) is 22.6. The molecule has 2 amide bonds. The zero-order valence-electron chi connectivity index (χ0n) is 17.3. The van der Waals surface area contributed by atoms with Gasteiger partial charge in [-0.05, 0) is 31.2 Å². The standard InChI is InChI=1S/C22H13ClN4O7/c1-11-6-7-16-13(8-11)20(28)22(30)25(16)21(29)12-9-17(26(31)32)19(18(10-12)27(33)34)24-15-5-3-2-4-14(15)23/h2-10,24H,1H3. The molecule has 170 valence electrons. The molecule has 3 aromatic carbocycles. The zero-order valence-corrected chi connectivity index (χ0v) is 18.0. The molecule has 1 aliphatic heterocycles. The van der Waals surface area contributed by atoms with Crippen molar-refractivity contribution in [3.05, 3.63) is 96.5 Å². The number of amides is 2. The highest BCUT2D eigenvalue weighted by Gasteiger charge is 2.41. The molecule has 0 bridgehead atoms. The van der Waals surface area contributed by atoms with Crippen LogP contribution >= 0.6 is 11.6 Å². The molecule has 0 saturated carbocycles. The summed E-state index contributed by atoms with van der Waals surface area (Å²) in [7, 11) is 0. The number of para-hydroxylation sites is 1. The maximum atomic E-state index is 13.2. The fourth-order valence-electron chi connectivity index (χ4n) is 3.53. The van der Waals surface area contributed by atoms with Gasteiger partial charge in [0.15, 0.2) is 5.69 Å². The number of anilines is 3. The lowest BCUT2D eigenvalue weighted by Crippen LogP contribution is -2.36. The van der Waals surface area contributed by atoms with Crippen LogP contribution in [0.25, 0.3) is 0 Å². The lowest BCUT2D eigenvalue weighted by Gasteiger charge is -2.16. The number of aryl methyl sites for hydroxylation is 1. The van der Waals surface area contributed by atoms with Gasteiger partial charge in [0.25, 0.3) is 11.7 Å². The number of nitrogens with zero attached hydrogens (tertiary/aromatic N) is 3. The van der Waals surface area contributed by atoms with Crippen molar-refractivity contribution in [2.75, 3.05) is 10.2 Å². The molecule has 0 aromatic heterocycles. The number of fused-ring (bicyclic) bond motifs is 1. The van der Waals surface area contributed by atoms with Crippen molar-refractivity contribution < 1.29 is 24.2 Å². The lowest BCUT2D eigenvalue weighted by atomic mass is 10.1. The molecule has 0 fully saturated rings. The van der Waals surface area contributed by atoms with E-state index in [1.54, 1.807) is 25.1 Å². The van der Waals surface area contributed by atoms with Gasteiger partial charge in [-0.3, -0.25) is 34.6 Å². The third kappa shape index (κ3) is 3.73. The Morgan fingerprint density at radius 2 is 1.59 bits per heavy atom. The van der Waals surface area contributed by atoms with Crippen LogP contribution in [0.2, 0.25) is 5.02 Å². The highest BCUT2D eigenvalue weighted by atomic mass is 35.5. The van der Waals surface area contributed by atoms with Gasteiger partial charge >= 0.3 is 17.3 Å². The summed E-state index contributed by atoms with van der Waals surface area (Å²) in [6, 6.07) is 12.1. The number of carbonyl (C=O) groups excluding carboxylic acids is 3. The third-order valence-corrected chi connectivity index (χ3v) is 5.44. The number of carbonyl (C=O) groups is 3. The molecule has 0 radical (unpaired) electrons. The van der Waals surface area contributed by atoms with Gasteiger partial charge in [-0.25, -0.2) is 4.90 Å². The van der Waals surface area contributed by atoms with E-state index in [1.165, 1.54) is 24.3 Å². The summed E-state index contributed by atoms with van der Waals surface area (Å²) >= 11 is 6.06. The summed E-state index contributed by atoms with van der Waals surface area (Å²) in [5.74, 6) is -3.20. The van der Waals surface area contributed by atoms with Crippen LogP contribution in [0.5, 0.6) is 0 Å². The van der Waals surface area contributed by atoms with Gasteiger partial charge in [0, 0.05) is 12.1 Å². The second-order valence-electron chi connectivity index (χ2n) is 7.30. The van der Waals surface area contributed by atoms with Gasteiger partial charge in [0.1, 0.15) is 0 Å². The average molecular weight is 481 g/mol. The van der Waals surface area contributed by atoms with Crippen molar-refractivity contribution in [2.24, 2.45) is 0 Å². The molecule has 1 N–H and O–H groups in total. The van der Waals surface area contributed by atoms with E-state index in [0.29, 0.717) is 10.5 Å². The van der Waals surface area contributed by atoms with Crippen LogP contribution in [0.15, 0.2) is 54.6 Å². The van der Waals surface area contributed by atoms with Gasteiger partial charge in [-0.1, -0.05) is 35.4 Å². The van der Waals surface area contributed by atoms with Gasteiger partial charge in [-0.15, -0.1) is 0 Å². The average Bonchev–Trinajstić information content (AvgIpc) is 3.04. The summed E-state index contributed by atoms with van der Waals surface area (Å²) in [5, 5.41) is 26.3. The van der Waals surface area contributed by atoms with Crippen molar-refractivity contribution in [3.63, 3.8) is 0 Å². The summed E-state index contributed by atoms with van der Waals surface area (Å²) < 4.78 is 0. The van der Waals surface area contributed by atoms with Crippen LogP contribution in [0.3, 0.4) is 0 Å². The predicted molar refractivity (Wildman–Crippen MR) is 122 cm³/mol. The smallest absolute Gasteiger partial charge is 0.306 e. The minimum atomic E-state index is -1.16. The van der Waals surface area contributed by atoms with E-state index in [1.807, 2.05) is 0 Å². The monoisotopic (exact) mass is 480 g/mol. The Kier molecular flexibility index (Phi) is 5.55. The second-order valence-corrected chi connectivity index (χ2v) is 7.71. The molecule has 0 unspecified atom stereocenters. The van der Waals surface area contributed by atoms with Gasteiger partial charge < -0.3 is 5.32 Å². The van der Waals surface area contributed by atoms with Crippen LogP contribution < -0.4 is 10.2 Å². The van der Waals surface area contributed by atoms with E-state index >= 15 is 0 Å². The number of hydrogen-bond acceptors (Lipinski definition) is 8. The summed E-state index contributed by atoms with van der Waals surface area (Å²) in [5.41, 5.74) is -1.76. The third-order valence-electron chi connectivity index (χ3n) is 5.11. The molecule has 0 saturated heterocycles. The second kappa shape index (κ2) is 8.37. The number of halogens is 1. The highest BCUT2D eigenvalue weighted by molar-refractivity contribution is 6.57. The van der Waals surface area contributed by atoms with Crippen molar-refractivity contribution >= 4 is 57.6 Å². The molecule has 4 rings (SSSR count). The minimum absolute atomic E-state index is 0.000597. The molecule has 3 aromatic rings. The number of rotatable bonds is 5. The maximum Gasteiger partial charge on any atom is 0.306 e. The number of hydrogen-bond donors (Lipinski definition) is 1. The Morgan fingerprint density at radius 3 is 2.18 bits per heavy atom. The Balaban J connectivity index is 1.86. The number of ketones is 1. The van der Waals surface area contributed by atoms with E-state index in [0.717, 1.165) is 12.1 Å². The maximum absolute atomic E-state index is 13.2. The van der Waals surface area contributed by atoms with E-state index in [4.69, 9.17) is 11.6 Å². The first-order valence-corrected chi connectivity index (χ1v) is 10.00. The van der Waals surface area contributed by atoms with Crippen molar-refractivity contribution in [3.8, 4) is 0 Å². The number of benzene rings is 3. The molecular formula is C22H13ClN4O7. The molecule has 0 aliphatic carbocycles. The fraction of sp³-hybridized carbons (Fsp3) is 0.0455. The molecule has 0 spiro atoms. The molecular weight excluding hydrogens is 468 g/mol. The zero-order chi connectivity index (χ0) is 24.7. The molecule has 12 heteroatoms. The van der Waals surface area contributed by atoms with Gasteiger partial charge in [0.2, 0.25) is 0 Å². The number of nitro groups is 2. The van der Waals surface area contributed by atoms with E-state index in [2.05, 4.69) is 5.32 Å². The minimum Gasteiger partial charge on any atom is -0.343 e. The molecule has 11 nitrogen and oxygen atoms in total. The van der Waals surface area contributed by atoms with E-state index in [-0.39, 0.29) is 22.0 Å². The van der Waals surface area contributed by atoms with Gasteiger partial charge in [0.05, 0.1) is 37.4 Å². The Labute approximate surface area is 195 Å². The Morgan fingerprint density at radius 1 is 0.971 bits per heavy atom. The molecule has 0 atom stereocenters. The molecule has 34 heavy (non-hydrogen) atoms. The van der Waals surface area contributed by atoms with E-state index in [9.17, 15) is 34.6 Å². The number of nitrogens with one attached hydrogen (secondary N) is 1. The topological polar surface area (TPSA) is 153 Å². The van der Waals surface area contributed by atoms with E-state index < -0.39 is 50.1 Å². The molecule has 1 aliphatic rings. The highest BCUT2D eigenvalue weighted by Crippen LogP contribution is 2.40. The summed E-state index contributed by atoms with van der Waals surface area (Å²) in [4.78, 5) is 60.4.